The van der Waals surface area contributed by atoms with E-state index < -0.39 is 0 Å². The molecule has 1 amide bonds. The van der Waals surface area contributed by atoms with Crippen molar-refractivity contribution < 1.29 is 4.79 Å². The second-order valence-electron chi connectivity index (χ2n) is 3.23. The van der Waals surface area contributed by atoms with Crippen molar-refractivity contribution in [3.05, 3.63) is 35.9 Å². The van der Waals surface area contributed by atoms with Gasteiger partial charge in [0.25, 0.3) is 0 Å². The molecule has 0 saturated heterocycles. The van der Waals surface area contributed by atoms with Gasteiger partial charge in [0.15, 0.2) is 0 Å². The van der Waals surface area contributed by atoms with Gasteiger partial charge >= 0.3 is 0 Å². The molecule has 0 heterocycles. The van der Waals surface area contributed by atoms with E-state index in [1.807, 2.05) is 30.3 Å². The standard InChI is InChI=1S/C10H15N3O/c1-13(12)10(14)7-9(11)8-5-3-2-4-6-8/h2-6,9H,7,11-12H2,1H3. The Bertz CT molecular complexity index is 297. The Labute approximate surface area is 83.5 Å². The Morgan fingerprint density at radius 2 is 2.00 bits per heavy atom. The van der Waals surface area contributed by atoms with Gasteiger partial charge in [-0.15, -0.1) is 0 Å². The van der Waals surface area contributed by atoms with Crippen LogP contribution in [-0.4, -0.2) is 18.0 Å². The molecule has 0 aliphatic carbocycles. The maximum atomic E-state index is 11.2. The van der Waals surface area contributed by atoms with E-state index in [1.54, 1.807) is 0 Å². The Hall–Kier alpha value is -1.39. The zero-order valence-electron chi connectivity index (χ0n) is 8.18. The van der Waals surface area contributed by atoms with Gasteiger partial charge in [-0.2, -0.15) is 0 Å². The number of hydrogen-bond donors (Lipinski definition) is 2. The summed E-state index contributed by atoms with van der Waals surface area (Å²) in [7, 11) is 1.51. The molecule has 0 saturated carbocycles. The molecule has 4 N–H and O–H groups in total. The van der Waals surface area contributed by atoms with E-state index in [0.717, 1.165) is 10.6 Å². The summed E-state index contributed by atoms with van der Waals surface area (Å²) in [5.41, 5.74) is 6.78. The third-order valence-electron chi connectivity index (χ3n) is 2.02. The number of carbonyl (C=O) groups is 1. The van der Waals surface area contributed by atoms with Crippen molar-refractivity contribution in [1.29, 1.82) is 0 Å². The first kappa shape index (κ1) is 10.7. The number of hydrazine groups is 1. The molecular formula is C10H15N3O. The average Bonchev–Trinajstić information content (AvgIpc) is 2.19. The highest BCUT2D eigenvalue weighted by molar-refractivity contribution is 5.76. The van der Waals surface area contributed by atoms with Gasteiger partial charge in [-0.3, -0.25) is 9.80 Å². The van der Waals surface area contributed by atoms with Crippen LogP contribution in [0.5, 0.6) is 0 Å². The quantitative estimate of drug-likeness (QED) is 0.415. The van der Waals surface area contributed by atoms with Crippen molar-refractivity contribution in [3.8, 4) is 0 Å². The van der Waals surface area contributed by atoms with Crippen molar-refractivity contribution in [2.24, 2.45) is 11.6 Å². The fourth-order valence-corrected chi connectivity index (χ4v) is 1.15. The average molecular weight is 193 g/mol. The maximum absolute atomic E-state index is 11.2. The largest absolute Gasteiger partial charge is 0.324 e. The molecular weight excluding hydrogens is 178 g/mol. The third-order valence-corrected chi connectivity index (χ3v) is 2.02. The molecule has 0 aliphatic heterocycles. The molecule has 1 aromatic carbocycles. The highest BCUT2D eigenvalue weighted by Crippen LogP contribution is 2.13. The SMILES string of the molecule is CN(N)C(=O)CC(N)c1ccccc1. The fraction of sp³-hybridized carbons (Fsp3) is 0.300. The van der Waals surface area contributed by atoms with Gasteiger partial charge in [0.2, 0.25) is 5.91 Å². The maximum Gasteiger partial charge on any atom is 0.238 e. The minimum absolute atomic E-state index is 0.165. The second kappa shape index (κ2) is 4.74. The zero-order valence-corrected chi connectivity index (χ0v) is 8.18. The lowest BCUT2D eigenvalue weighted by atomic mass is 10.0. The smallest absolute Gasteiger partial charge is 0.238 e. The van der Waals surface area contributed by atoms with Gasteiger partial charge in [-0.05, 0) is 5.56 Å². The van der Waals surface area contributed by atoms with E-state index in [0.29, 0.717) is 0 Å². The molecule has 0 radical (unpaired) electrons. The van der Waals surface area contributed by atoms with E-state index >= 15 is 0 Å². The lowest BCUT2D eigenvalue weighted by Crippen LogP contribution is -2.35. The van der Waals surface area contributed by atoms with Crippen molar-refractivity contribution in [2.75, 3.05) is 7.05 Å². The molecule has 1 unspecified atom stereocenters. The van der Waals surface area contributed by atoms with Crippen molar-refractivity contribution in [3.63, 3.8) is 0 Å². The van der Waals surface area contributed by atoms with E-state index in [-0.39, 0.29) is 18.4 Å². The first-order chi connectivity index (χ1) is 6.61. The van der Waals surface area contributed by atoms with E-state index in [9.17, 15) is 4.79 Å². The summed E-state index contributed by atoms with van der Waals surface area (Å²) in [5, 5.41) is 1.06. The molecule has 14 heavy (non-hydrogen) atoms. The number of nitrogens with zero attached hydrogens (tertiary/aromatic N) is 1. The van der Waals surface area contributed by atoms with E-state index in [4.69, 9.17) is 11.6 Å². The predicted molar refractivity (Wildman–Crippen MR) is 54.9 cm³/mol. The van der Waals surface area contributed by atoms with Crippen LogP contribution in [0.1, 0.15) is 18.0 Å². The highest BCUT2D eigenvalue weighted by atomic mass is 16.2. The molecule has 4 heteroatoms. The molecule has 0 aromatic heterocycles. The number of hydrogen-bond acceptors (Lipinski definition) is 3. The number of carbonyl (C=O) groups excluding carboxylic acids is 1. The first-order valence-electron chi connectivity index (χ1n) is 4.43. The van der Waals surface area contributed by atoms with Gasteiger partial charge in [0, 0.05) is 19.5 Å². The number of amides is 1. The summed E-state index contributed by atoms with van der Waals surface area (Å²) in [6.07, 6.45) is 0.233. The minimum Gasteiger partial charge on any atom is -0.324 e. The fourth-order valence-electron chi connectivity index (χ4n) is 1.15. The summed E-state index contributed by atoms with van der Waals surface area (Å²) >= 11 is 0. The van der Waals surface area contributed by atoms with Crippen molar-refractivity contribution in [1.82, 2.24) is 5.01 Å². The second-order valence-corrected chi connectivity index (χ2v) is 3.23. The lowest BCUT2D eigenvalue weighted by Gasteiger charge is -2.14. The topological polar surface area (TPSA) is 72.3 Å². The van der Waals surface area contributed by atoms with Gasteiger partial charge in [-0.1, -0.05) is 30.3 Å². The van der Waals surface area contributed by atoms with Crippen LogP contribution in [-0.2, 0) is 4.79 Å². The summed E-state index contributed by atoms with van der Waals surface area (Å²) in [5.74, 6) is 5.13. The van der Waals surface area contributed by atoms with Crippen LogP contribution in [0, 0.1) is 0 Å². The monoisotopic (exact) mass is 193 g/mol. The van der Waals surface area contributed by atoms with E-state index in [1.165, 1.54) is 7.05 Å². The summed E-state index contributed by atoms with van der Waals surface area (Å²) in [4.78, 5) is 11.2. The van der Waals surface area contributed by atoms with Gasteiger partial charge in [-0.25, -0.2) is 5.84 Å². The van der Waals surface area contributed by atoms with Crippen LogP contribution in [0.4, 0.5) is 0 Å². The summed E-state index contributed by atoms with van der Waals surface area (Å²) in [6, 6.07) is 9.21. The Morgan fingerprint density at radius 3 is 2.50 bits per heavy atom. The Morgan fingerprint density at radius 1 is 1.43 bits per heavy atom. The molecule has 76 valence electrons. The highest BCUT2D eigenvalue weighted by Gasteiger charge is 2.12. The molecule has 1 aromatic rings. The van der Waals surface area contributed by atoms with Gasteiger partial charge in [0.1, 0.15) is 0 Å². The van der Waals surface area contributed by atoms with Crippen LogP contribution < -0.4 is 11.6 Å². The van der Waals surface area contributed by atoms with Gasteiger partial charge in [0.05, 0.1) is 0 Å². The lowest BCUT2D eigenvalue weighted by molar-refractivity contribution is -0.130. The Balaban J connectivity index is 2.59. The van der Waals surface area contributed by atoms with Gasteiger partial charge < -0.3 is 5.73 Å². The molecule has 0 bridgehead atoms. The first-order valence-corrected chi connectivity index (χ1v) is 4.43. The minimum atomic E-state index is -0.283. The van der Waals surface area contributed by atoms with Crippen LogP contribution >= 0.6 is 0 Å². The molecule has 1 rings (SSSR count). The zero-order chi connectivity index (χ0) is 10.6. The normalized spacial score (nSPS) is 12.2. The van der Waals surface area contributed by atoms with Crippen LogP contribution in [0.25, 0.3) is 0 Å². The Kier molecular flexibility index (Phi) is 3.62. The molecule has 0 aliphatic rings. The van der Waals surface area contributed by atoms with Crippen molar-refractivity contribution in [2.45, 2.75) is 12.5 Å². The predicted octanol–water partition coefficient (Wildman–Crippen LogP) is 0.409. The van der Waals surface area contributed by atoms with Crippen molar-refractivity contribution >= 4 is 5.91 Å². The van der Waals surface area contributed by atoms with Crippen LogP contribution in [0.2, 0.25) is 0 Å². The van der Waals surface area contributed by atoms with Crippen LogP contribution in [0.3, 0.4) is 0 Å². The molecule has 4 nitrogen and oxygen atoms in total. The van der Waals surface area contributed by atoms with E-state index in [2.05, 4.69) is 0 Å². The molecule has 0 fully saturated rings. The number of rotatable bonds is 3. The van der Waals surface area contributed by atoms with Crippen LogP contribution in [0.15, 0.2) is 30.3 Å². The number of nitrogens with two attached hydrogens (primary N) is 2. The molecule has 0 spiro atoms. The molecule has 1 atom stereocenters. The number of benzene rings is 1. The third kappa shape index (κ3) is 2.83. The summed E-state index contributed by atoms with van der Waals surface area (Å²) < 4.78 is 0. The summed E-state index contributed by atoms with van der Waals surface area (Å²) in [6.45, 7) is 0.